The molecule has 0 aliphatic rings. The molecule has 128 valence electrons. The van der Waals surface area contributed by atoms with Crippen molar-refractivity contribution in [2.45, 2.75) is 0 Å². The first-order valence-electron chi connectivity index (χ1n) is 6.73. The molecule has 1 N–H and O–H groups in total. The van der Waals surface area contributed by atoms with Gasteiger partial charge >= 0.3 is 56.6 Å². The van der Waals surface area contributed by atoms with Crippen LogP contribution in [-0.4, -0.2) is 39.8 Å². The molecule has 0 bridgehead atoms. The fourth-order valence-electron chi connectivity index (χ4n) is 2.66. The molecule has 3 aromatic rings. The van der Waals surface area contributed by atoms with Gasteiger partial charge in [-0.15, -0.1) is 0 Å². The van der Waals surface area contributed by atoms with E-state index in [-0.39, 0.29) is 72.9 Å². The molecule has 0 spiro atoms. The number of fused-ring (bicyclic) bond motifs is 3. The second-order valence-corrected chi connectivity index (χ2v) is 5.07. The number of carboxylic acid groups (broad SMARTS) is 3. The summed E-state index contributed by atoms with van der Waals surface area (Å²) in [6.07, 6.45) is 0. The van der Waals surface area contributed by atoms with Crippen LogP contribution in [0.25, 0.3) is 21.8 Å². The van der Waals surface area contributed by atoms with Crippen LogP contribution < -0.4 is 82.3 Å². The molecule has 2 aromatic heterocycles. The molecule has 0 aliphatic heterocycles. The third-order valence-electron chi connectivity index (χ3n) is 3.70. The van der Waals surface area contributed by atoms with E-state index in [1.165, 1.54) is 11.9 Å². The van der Waals surface area contributed by atoms with Crippen molar-refractivity contribution < 1.29 is 95.9 Å². The second kappa shape index (κ2) is 9.83. The number of hydrogen-bond donors (Lipinski definition) is 1. The van der Waals surface area contributed by atoms with E-state index in [0.717, 1.165) is 6.07 Å². The maximum Gasteiger partial charge on any atom is 1.00 e. The number of pyridine rings is 1. The summed E-state index contributed by atoms with van der Waals surface area (Å²) < 4.78 is 0. The summed E-state index contributed by atoms with van der Waals surface area (Å²) in [5, 5.41) is 32.1. The van der Waals surface area contributed by atoms with Crippen molar-refractivity contribution in [2.24, 2.45) is 0 Å². The average molecular weight is 372 g/mol. The van der Waals surface area contributed by atoms with E-state index in [1.54, 1.807) is 0 Å². The van der Waals surface area contributed by atoms with Gasteiger partial charge in [0.25, 0.3) is 0 Å². The van der Waals surface area contributed by atoms with E-state index in [1.807, 2.05) is 0 Å². The molecule has 1 aromatic carbocycles. The Kier molecular flexibility index (Phi) is 9.00. The Morgan fingerprint density at radius 2 is 1.45 bits per heavy atom. The maximum atomic E-state index is 11.5. The number of aromatic amines is 1. The number of aromatic carboxylic acids is 3. The van der Waals surface area contributed by atoms with Crippen LogP contribution in [0.4, 0.5) is 0 Å². The molecule has 0 atom stereocenters. The Labute approximate surface area is 196 Å². The number of nitrogens with zero attached hydrogens (tertiary/aromatic N) is 1. The molecule has 0 aliphatic carbocycles. The minimum Gasteiger partial charge on any atom is -0.545 e. The van der Waals surface area contributed by atoms with E-state index >= 15 is 0 Å². The van der Waals surface area contributed by atoms with Crippen LogP contribution in [-0.2, 0) is 9.59 Å². The van der Waals surface area contributed by atoms with Gasteiger partial charge in [0.15, 0.2) is 0 Å². The summed E-state index contributed by atoms with van der Waals surface area (Å²) in [4.78, 5) is 62.2. The van der Waals surface area contributed by atoms with E-state index in [4.69, 9.17) is 0 Å². The molecule has 2 heterocycles. The number of rotatable bonds is 3. The summed E-state index contributed by atoms with van der Waals surface area (Å²) in [6.45, 7) is 0. The summed E-state index contributed by atoms with van der Waals surface area (Å²) in [5.41, 5.74) is -2.78. The Balaban J connectivity index is 0.00000261. The van der Waals surface area contributed by atoms with E-state index < -0.39 is 50.8 Å². The van der Waals surface area contributed by atoms with Crippen LogP contribution in [0.15, 0.2) is 12.1 Å². The third kappa shape index (κ3) is 4.27. The van der Waals surface area contributed by atoms with Crippen molar-refractivity contribution in [3.05, 3.63) is 39.5 Å². The minimum atomic E-state index is -1.84. The van der Waals surface area contributed by atoms with Crippen LogP contribution in [0.3, 0.4) is 0 Å². The minimum absolute atomic E-state index is 0. The Hall–Kier alpha value is -2.47. The van der Waals surface area contributed by atoms with Gasteiger partial charge in [0, 0.05) is 16.3 Å². The van der Waals surface area contributed by atoms with Crippen LogP contribution >= 0.6 is 0 Å². The summed E-state index contributed by atoms with van der Waals surface area (Å²) in [5.74, 6) is -2.55. The smallest absolute Gasteiger partial charge is 0.545 e. The van der Waals surface area contributed by atoms with Crippen molar-refractivity contribution in [1.82, 2.24) is 9.97 Å². The number of H-pyrrole nitrogens is 1. The van der Waals surface area contributed by atoms with Crippen LogP contribution in [0.2, 0.25) is 0 Å². The van der Waals surface area contributed by atoms with Gasteiger partial charge in [-0.3, -0.25) is 0 Å². The van der Waals surface area contributed by atoms with Crippen molar-refractivity contribution in [2.75, 3.05) is 0 Å². The molecule has 0 amide bonds. The molecular weight excluding hydrogens is 369 g/mol. The predicted octanol–water partition coefficient (Wildman–Crippen LogP) is -14.2. The van der Waals surface area contributed by atoms with Gasteiger partial charge in [0.05, 0.1) is 45.5 Å². The molecular formula is C16H3Li3N2O8. The molecule has 29 heavy (non-hydrogen) atoms. The Morgan fingerprint density at radius 1 is 0.862 bits per heavy atom. The van der Waals surface area contributed by atoms with Crippen molar-refractivity contribution in [1.29, 1.82) is 0 Å². The van der Waals surface area contributed by atoms with Gasteiger partial charge in [-0.25, -0.2) is 14.6 Å². The Bertz CT molecular complexity index is 1340. The molecule has 0 radical (unpaired) electrons. The number of benzene rings is 1. The molecule has 3 rings (SSSR count). The number of carboxylic acids is 3. The van der Waals surface area contributed by atoms with Crippen LogP contribution in [0.5, 0.6) is 0 Å². The Morgan fingerprint density at radius 3 is 1.90 bits per heavy atom. The second-order valence-electron chi connectivity index (χ2n) is 5.07. The summed E-state index contributed by atoms with van der Waals surface area (Å²) in [6, 6.07) is 1.57. The van der Waals surface area contributed by atoms with Gasteiger partial charge in [-0.1, -0.05) is 0 Å². The van der Waals surface area contributed by atoms with Gasteiger partial charge < -0.3 is 34.7 Å². The fraction of sp³-hybridized carbons (Fsp3) is 0. The van der Waals surface area contributed by atoms with Crippen molar-refractivity contribution in [3.8, 4) is 0 Å². The molecule has 0 unspecified atom stereocenters. The standard InChI is InChI=1S/C16H6N2O8.3Li/c19-3-7-5-1-9(15(23)24)17-12(5)11-6(14(21)22)2-10(16(25)26)18-13(11)8(7)4-20;;;/h1-2,17H,(H,21,22)(H,23,24)(H,25,26);;;/q;3*+1/p-3. The summed E-state index contributed by atoms with van der Waals surface area (Å²) >= 11 is 0. The molecule has 0 saturated heterocycles. The number of carbonyl (C=O) groups is 3. The van der Waals surface area contributed by atoms with E-state index in [2.05, 4.69) is 9.97 Å². The van der Waals surface area contributed by atoms with Crippen LogP contribution in [0.1, 0.15) is 31.3 Å². The number of carbonyl (C=O) groups excluding carboxylic acids is 5. The third-order valence-corrected chi connectivity index (χ3v) is 3.70. The maximum absolute atomic E-state index is 11.5. The summed E-state index contributed by atoms with van der Waals surface area (Å²) in [7, 11) is 0. The van der Waals surface area contributed by atoms with Gasteiger partial charge in [-0.2, -0.15) is 0 Å². The predicted molar refractivity (Wildman–Crippen MR) is 75.4 cm³/mol. The molecule has 10 nitrogen and oxygen atoms in total. The van der Waals surface area contributed by atoms with Gasteiger partial charge in [0.1, 0.15) is 17.1 Å². The topological polar surface area (TPSA) is 183 Å². The number of nitrogens with one attached hydrogen (secondary N) is 1. The first-order chi connectivity index (χ1) is 12.3. The SMILES string of the molecule is O=C=c1c(=C=O)c2nc(C(=O)[O-])cc(C(=O)[O-])c2c2[nH]c(C(=O)[O-])cc12.[Li+].[Li+].[Li+]. The fourth-order valence-corrected chi connectivity index (χ4v) is 2.66. The van der Waals surface area contributed by atoms with Gasteiger partial charge in [0.2, 0.25) is 0 Å². The number of aromatic nitrogens is 2. The zero-order valence-electron chi connectivity index (χ0n) is 15.4. The van der Waals surface area contributed by atoms with Gasteiger partial charge in [-0.05, 0) is 12.1 Å². The average Bonchev–Trinajstić information content (AvgIpc) is 3.04. The molecule has 13 heteroatoms. The monoisotopic (exact) mass is 372 g/mol. The quantitative estimate of drug-likeness (QED) is 0.436. The zero-order valence-corrected chi connectivity index (χ0v) is 15.4. The zero-order chi connectivity index (χ0) is 19.2. The largest absolute Gasteiger partial charge is 1.00 e. The first-order valence-corrected chi connectivity index (χ1v) is 6.73. The van der Waals surface area contributed by atoms with Crippen molar-refractivity contribution >= 4 is 51.6 Å². The van der Waals surface area contributed by atoms with E-state index in [9.17, 15) is 39.3 Å². The van der Waals surface area contributed by atoms with Crippen molar-refractivity contribution in [3.63, 3.8) is 0 Å². The number of hydrogen-bond acceptors (Lipinski definition) is 9. The molecule has 0 saturated carbocycles. The normalized spacial score (nSPS) is 9.38. The van der Waals surface area contributed by atoms with E-state index in [0.29, 0.717) is 6.07 Å². The van der Waals surface area contributed by atoms with Crippen LogP contribution in [0, 0.1) is 0 Å². The molecule has 0 fully saturated rings. The first kappa shape index (κ1) is 26.5.